The Hall–Kier alpha value is -0.750. The van der Waals surface area contributed by atoms with Crippen LogP contribution >= 0.6 is 23.1 Å². The van der Waals surface area contributed by atoms with Crippen LogP contribution in [0, 0.1) is 0 Å². The molecular formula is C8H14N4S2. The summed E-state index contributed by atoms with van der Waals surface area (Å²) in [5.41, 5.74) is 11.6. The van der Waals surface area contributed by atoms with Crippen molar-refractivity contribution < 1.29 is 0 Å². The van der Waals surface area contributed by atoms with Gasteiger partial charge in [0.15, 0.2) is 5.96 Å². The minimum absolute atomic E-state index is 0.0584. The zero-order valence-corrected chi connectivity index (χ0v) is 9.86. The van der Waals surface area contributed by atoms with Crippen molar-refractivity contribution in [1.29, 1.82) is 0 Å². The molecule has 0 bridgehead atoms. The van der Waals surface area contributed by atoms with Crippen LogP contribution < -0.4 is 11.5 Å². The number of nitrogens with two attached hydrogens (primary N) is 2. The van der Waals surface area contributed by atoms with Crippen LogP contribution in [0.5, 0.6) is 0 Å². The van der Waals surface area contributed by atoms with Crippen molar-refractivity contribution in [1.82, 2.24) is 4.98 Å². The maximum Gasteiger partial charge on any atom is 0.212 e. The second kappa shape index (κ2) is 5.21. The minimum atomic E-state index is 0.0584. The molecule has 0 amide bonds. The van der Waals surface area contributed by atoms with Gasteiger partial charge in [0.2, 0.25) is 5.13 Å². The Morgan fingerprint density at radius 2 is 2.43 bits per heavy atom. The van der Waals surface area contributed by atoms with Gasteiger partial charge in [0, 0.05) is 10.6 Å². The van der Waals surface area contributed by atoms with Crippen LogP contribution in [0.2, 0.25) is 0 Å². The van der Waals surface area contributed by atoms with Crippen molar-refractivity contribution in [2.75, 3.05) is 6.26 Å². The number of aliphatic imine (C=N–C) groups is 1. The largest absolute Gasteiger partial charge is 0.370 e. The first-order valence-corrected chi connectivity index (χ1v) is 6.42. The van der Waals surface area contributed by atoms with E-state index >= 15 is 0 Å². The minimum Gasteiger partial charge on any atom is -0.370 e. The lowest BCUT2D eigenvalue weighted by Crippen LogP contribution is -2.21. The van der Waals surface area contributed by atoms with Gasteiger partial charge >= 0.3 is 0 Å². The number of aromatic nitrogens is 1. The number of guanidine groups is 1. The number of thiazole rings is 1. The van der Waals surface area contributed by atoms with E-state index in [-0.39, 0.29) is 5.96 Å². The summed E-state index contributed by atoms with van der Waals surface area (Å²) < 4.78 is 0. The Balaban J connectivity index is 2.81. The van der Waals surface area contributed by atoms with E-state index < -0.39 is 0 Å². The van der Waals surface area contributed by atoms with Gasteiger partial charge < -0.3 is 11.5 Å². The van der Waals surface area contributed by atoms with E-state index in [0.29, 0.717) is 10.4 Å². The molecule has 0 fully saturated rings. The molecule has 0 aromatic carbocycles. The van der Waals surface area contributed by atoms with Gasteiger partial charge in [-0.25, -0.2) is 4.98 Å². The molecule has 0 spiro atoms. The average molecular weight is 230 g/mol. The third kappa shape index (κ3) is 2.88. The maximum absolute atomic E-state index is 5.26. The maximum atomic E-state index is 5.26. The SMILES string of the molecule is CCC(SC)c1csc(N=C(N)N)n1. The zero-order chi connectivity index (χ0) is 10.6. The smallest absolute Gasteiger partial charge is 0.212 e. The third-order valence-corrected chi connectivity index (χ3v) is 3.62. The van der Waals surface area contributed by atoms with Crippen molar-refractivity contribution in [3.8, 4) is 0 Å². The highest BCUT2D eigenvalue weighted by Gasteiger charge is 2.11. The molecule has 0 saturated heterocycles. The van der Waals surface area contributed by atoms with Gasteiger partial charge in [-0.1, -0.05) is 6.92 Å². The predicted octanol–water partition coefficient (Wildman–Crippen LogP) is 1.86. The van der Waals surface area contributed by atoms with Gasteiger partial charge in [0.1, 0.15) is 0 Å². The van der Waals surface area contributed by atoms with E-state index in [1.165, 1.54) is 11.3 Å². The Bertz CT molecular complexity index is 313. The molecular weight excluding hydrogens is 216 g/mol. The second-order valence-corrected chi connectivity index (χ2v) is 4.60. The van der Waals surface area contributed by atoms with Gasteiger partial charge in [-0.2, -0.15) is 16.8 Å². The van der Waals surface area contributed by atoms with E-state index in [1.54, 1.807) is 11.8 Å². The summed E-state index contributed by atoms with van der Waals surface area (Å²) in [5.74, 6) is 0.0584. The van der Waals surface area contributed by atoms with Crippen LogP contribution in [0.15, 0.2) is 10.4 Å². The second-order valence-electron chi connectivity index (χ2n) is 2.72. The van der Waals surface area contributed by atoms with E-state index in [2.05, 4.69) is 23.2 Å². The summed E-state index contributed by atoms with van der Waals surface area (Å²) in [4.78, 5) is 8.24. The Morgan fingerprint density at radius 1 is 1.71 bits per heavy atom. The molecule has 1 heterocycles. The highest BCUT2D eigenvalue weighted by Crippen LogP contribution is 2.32. The summed E-state index contributed by atoms with van der Waals surface area (Å²) in [6.45, 7) is 2.14. The molecule has 4 N–H and O–H groups in total. The Labute approximate surface area is 91.8 Å². The van der Waals surface area contributed by atoms with Crippen LogP contribution in [0.1, 0.15) is 24.3 Å². The number of rotatable bonds is 4. The van der Waals surface area contributed by atoms with Crippen molar-refractivity contribution in [3.05, 3.63) is 11.1 Å². The Kier molecular flexibility index (Phi) is 4.21. The fourth-order valence-corrected chi connectivity index (χ4v) is 2.62. The van der Waals surface area contributed by atoms with Crippen molar-refractivity contribution in [2.45, 2.75) is 18.6 Å². The van der Waals surface area contributed by atoms with E-state index in [4.69, 9.17) is 11.5 Å². The summed E-state index contributed by atoms with van der Waals surface area (Å²) in [6, 6.07) is 0. The van der Waals surface area contributed by atoms with Gasteiger partial charge in [-0.05, 0) is 12.7 Å². The highest BCUT2D eigenvalue weighted by molar-refractivity contribution is 7.98. The molecule has 1 atom stereocenters. The summed E-state index contributed by atoms with van der Waals surface area (Å²) in [5, 5.41) is 3.08. The molecule has 6 heteroatoms. The first-order valence-electron chi connectivity index (χ1n) is 4.25. The quantitative estimate of drug-likeness (QED) is 0.611. The summed E-state index contributed by atoms with van der Waals surface area (Å²) >= 11 is 3.25. The first-order chi connectivity index (χ1) is 6.67. The number of hydrogen-bond acceptors (Lipinski definition) is 4. The topological polar surface area (TPSA) is 77.3 Å². The molecule has 4 nitrogen and oxygen atoms in total. The fraction of sp³-hybridized carbons (Fsp3) is 0.500. The van der Waals surface area contributed by atoms with Crippen LogP contribution in [-0.4, -0.2) is 17.2 Å². The standard InChI is InChI=1S/C8H14N4S2/c1-3-6(13-2)5-4-14-8(11-5)12-7(9)10/h4,6H,3H2,1-2H3,(H4,9,10,11,12). The zero-order valence-electron chi connectivity index (χ0n) is 8.23. The lowest BCUT2D eigenvalue weighted by molar-refractivity contribution is 0.870. The number of nitrogens with zero attached hydrogens (tertiary/aromatic N) is 2. The van der Waals surface area contributed by atoms with Gasteiger partial charge in [0.25, 0.3) is 0 Å². The monoisotopic (exact) mass is 230 g/mol. The average Bonchev–Trinajstić information content (AvgIpc) is 2.54. The molecule has 0 aliphatic rings. The third-order valence-electron chi connectivity index (χ3n) is 1.72. The molecule has 0 aliphatic carbocycles. The molecule has 14 heavy (non-hydrogen) atoms. The van der Waals surface area contributed by atoms with E-state index in [9.17, 15) is 0 Å². The van der Waals surface area contributed by atoms with Crippen molar-refractivity contribution in [2.24, 2.45) is 16.5 Å². The van der Waals surface area contributed by atoms with Crippen molar-refractivity contribution >= 4 is 34.2 Å². The van der Waals surface area contributed by atoms with Crippen molar-refractivity contribution in [3.63, 3.8) is 0 Å². The molecule has 1 unspecified atom stereocenters. The lowest BCUT2D eigenvalue weighted by atomic mass is 10.3. The van der Waals surface area contributed by atoms with Crippen LogP contribution in [-0.2, 0) is 0 Å². The molecule has 0 radical (unpaired) electrons. The Morgan fingerprint density at radius 3 is 2.93 bits per heavy atom. The number of thioether (sulfide) groups is 1. The van der Waals surface area contributed by atoms with Crippen LogP contribution in [0.25, 0.3) is 0 Å². The van der Waals surface area contributed by atoms with Gasteiger partial charge in [-0.15, -0.1) is 11.3 Å². The molecule has 0 aliphatic heterocycles. The molecule has 78 valence electrons. The fourth-order valence-electron chi connectivity index (χ4n) is 1.08. The van der Waals surface area contributed by atoms with Crippen LogP contribution in [0.3, 0.4) is 0 Å². The van der Waals surface area contributed by atoms with Gasteiger partial charge in [0.05, 0.1) is 5.69 Å². The predicted molar refractivity (Wildman–Crippen MR) is 64.1 cm³/mol. The summed E-state index contributed by atoms with van der Waals surface area (Å²) in [7, 11) is 0. The molecule has 1 rings (SSSR count). The first kappa shape index (κ1) is 11.3. The highest BCUT2D eigenvalue weighted by atomic mass is 32.2. The normalized spacial score (nSPS) is 12.4. The molecule has 1 aromatic heterocycles. The molecule has 0 saturated carbocycles. The number of hydrogen-bond donors (Lipinski definition) is 2. The molecule has 1 aromatic rings. The van der Waals surface area contributed by atoms with Crippen LogP contribution in [0.4, 0.5) is 5.13 Å². The summed E-state index contributed by atoms with van der Waals surface area (Å²) in [6.07, 6.45) is 3.14. The lowest BCUT2D eigenvalue weighted by Gasteiger charge is -2.06. The van der Waals surface area contributed by atoms with Gasteiger partial charge in [-0.3, -0.25) is 0 Å². The van der Waals surface area contributed by atoms with E-state index in [1.807, 2.05) is 5.38 Å². The van der Waals surface area contributed by atoms with E-state index in [0.717, 1.165) is 12.1 Å².